The van der Waals surface area contributed by atoms with Gasteiger partial charge in [-0.25, -0.2) is 4.39 Å². The number of nitrogens with one attached hydrogen (secondary N) is 1. The van der Waals surface area contributed by atoms with Gasteiger partial charge in [-0.1, -0.05) is 0 Å². The molecule has 0 bridgehead atoms. The molecule has 0 spiro atoms. The van der Waals surface area contributed by atoms with Crippen molar-refractivity contribution in [3.8, 4) is 5.75 Å². The van der Waals surface area contributed by atoms with Crippen molar-refractivity contribution in [3.63, 3.8) is 0 Å². The highest BCUT2D eigenvalue weighted by atomic mass is 19.1. The van der Waals surface area contributed by atoms with Crippen LogP contribution in [0.15, 0.2) is 18.2 Å². The molecule has 0 saturated heterocycles. The number of phenols is 1. The van der Waals surface area contributed by atoms with Crippen LogP contribution >= 0.6 is 0 Å². The highest BCUT2D eigenvalue weighted by Gasteiger charge is 2.01. The van der Waals surface area contributed by atoms with Gasteiger partial charge >= 0.3 is 0 Å². The molecule has 0 aliphatic carbocycles. The van der Waals surface area contributed by atoms with E-state index in [-0.39, 0.29) is 18.1 Å². The Labute approximate surface area is 69.7 Å². The van der Waals surface area contributed by atoms with Gasteiger partial charge < -0.3 is 9.94 Å². The lowest BCUT2D eigenvalue weighted by atomic mass is 10.2. The first kappa shape index (κ1) is 8.96. The predicted molar refractivity (Wildman–Crippen MR) is 41.9 cm³/mol. The molecule has 0 aliphatic heterocycles. The maximum Gasteiger partial charge on any atom is 0.128 e. The van der Waals surface area contributed by atoms with Crippen molar-refractivity contribution in [2.45, 2.75) is 6.54 Å². The minimum Gasteiger partial charge on any atom is -0.508 e. The van der Waals surface area contributed by atoms with E-state index in [1.165, 1.54) is 25.3 Å². The maximum atomic E-state index is 12.9. The first-order valence-electron chi connectivity index (χ1n) is 3.47. The first-order chi connectivity index (χ1) is 5.74. The van der Waals surface area contributed by atoms with E-state index in [1.54, 1.807) is 0 Å². The topological polar surface area (TPSA) is 41.5 Å². The summed E-state index contributed by atoms with van der Waals surface area (Å²) in [5, 5.41) is 9.00. The van der Waals surface area contributed by atoms with E-state index < -0.39 is 0 Å². The molecule has 0 fully saturated rings. The van der Waals surface area contributed by atoms with Gasteiger partial charge in [-0.15, -0.1) is 0 Å². The molecule has 0 aliphatic rings. The summed E-state index contributed by atoms with van der Waals surface area (Å²) in [6.07, 6.45) is 0. The van der Waals surface area contributed by atoms with E-state index in [0.29, 0.717) is 5.56 Å². The van der Waals surface area contributed by atoms with Gasteiger partial charge in [0.15, 0.2) is 0 Å². The quantitative estimate of drug-likeness (QED) is 0.671. The Morgan fingerprint density at radius 3 is 3.00 bits per heavy atom. The van der Waals surface area contributed by atoms with Gasteiger partial charge in [-0.05, 0) is 18.2 Å². The molecular weight excluding hydrogens is 161 g/mol. The molecular formula is C8H10FNO2. The second-order valence-corrected chi connectivity index (χ2v) is 2.30. The number of phenolic OH excluding ortho intramolecular Hbond substituents is 1. The van der Waals surface area contributed by atoms with Crippen molar-refractivity contribution in [2.75, 3.05) is 7.11 Å². The SMILES string of the molecule is CONCc1cc(O)ccc1F. The summed E-state index contributed by atoms with van der Waals surface area (Å²) in [5.74, 6) is -0.318. The zero-order valence-electron chi connectivity index (χ0n) is 6.67. The van der Waals surface area contributed by atoms with E-state index in [2.05, 4.69) is 10.3 Å². The van der Waals surface area contributed by atoms with Gasteiger partial charge in [0.2, 0.25) is 0 Å². The minimum atomic E-state index is -0.364. The molecule has 4 heteroatoms. The third-order valence-corrected chi connectivity index (χ3v) is 1.44. The van der Waals surface area contributed by atoms with Gasteiger partial charge in [0.1, 0.15) is 11.6 Å². The molecule has 0 radical (unpaired) electrons. The summed E-state index contributed by atoms with van der Waals surface area (Å²) in [7, 11) is 1.45. The zero-order valence-corrected chi connectivity index (χ0v) is 6.67. The smallest absolute Gasteiger partial charge is 0.128 e. The van der Waals surface area contributed by atoms with E-state index in [0.717, 1.165) is 0 Å². The number of benzene rings is 1. The second kappa shape index (κ2) is 4.04. The molecule has 0 atom stereocenters. The molecule has 12 heavy (non-hydrogen) atoms. The third-order valence-electron chi connectivity index (χ3n) is 1.44. The Morgan fingerprint density at radius 1 is 1.58 bits per heavy atom. The summed E-state index contributed by atoms with van der Waals surface area (Å²) in [4.78, 5) is 4.54. The Hall–Kier alpha value is -1.13. The highest BCUT2D eigenvalue weighted by Crippen LogP contribution is 2.14. The lowest BCUT2D eigenvalue weighted by molar-refractivity contribution is 0.0859. The van der Waals surface area contributed by atoms with Gasteiger partial charge in [0.05, 0.1) is 7.11 Å². The van der Waals surface area contributed by atoms with Crippen LogP contribution in [0.5, 0.6) is 5.75 Å². The van der Waals surface area contributed by atoms with E-state index in [9.17, 15) is 4.39 Å². The van der Waals surface area contributed by atoms with Crippen LogP contribution in [0.25, 0.3) is 0 Å². The molecule has 3 nitrogen and oxygen atoms in total. The van der Waals surface area contributed by atoms with Gasteiger partial charge in [0.25, 0.3) is 0 Å². The molecule has 1 aromatic rings. The predicted octanol–water partition coefficient (Wildman–Crippen LogP) is 1.18. The molecule has 66 valence electrons. The van der Waals surface area contributed by atoms with E-state index in [1.807, 2.05) is 0 Å². The molecule has 1 rings (SSSR count). The maximum absolute atomic E-state index is 12.9. The molecule has 0 saturated carbocycles. The molecule has 0 heterocycles. The number of aromatic hydroxyl groups is 1. The summed E-state index contributed by atoms with van der Waals surface area (Å²) in [6.45, 7) is 0.233. The van der Waals surface area contributed by atoms with Crippen molar-refractivity contribution in [1.29, 1.82) is 0 Å². The van der Waals surface area contributed by atoms with Crippen molar-refractivity contribution >= 4 is 0 Å². The number of hydrogen-bond acceptors (Lipinski definition) is 3. The summed E-state index contributed by atoms with van der Waals surface area (Å²) in [6, 6.07) is 3.86. The lowest BCUT2D eigenvalue weighted by Crippen LogP contribution is -2.11. The Balaban J connectivity index is 2.75. The summed E-state index contributed by atoms with van der Waals surface area (Å²) < 4.78 is 12.9. The Kier molecular flexibility index (Phi) is 3.01. The first-order valence-corrected chi connectivity index (χ1v) is 3.47. The van der Waals surface area contributed by atoms with Crippen LogP contribution < -0.4 is 5.48 Å². The average Bonchev–Trinajstić information content (AvgIpc) is 2.07. The van der Waals surface area contributed by atoms with Gasteiger partial charge in [-0.2, -0.15) is 5.48 Å². The van der Waals surface area contributed by atoms with Crippen molar-refractivity contribution in [1.82, 2.24) is 5.48 Å². The van der Waals surface area contributed by atoms with Crippen LogP contribution in [0.3, 0.4) is 0 Å². The van der Waals surface area contributed by atoms with Crippen LogP contribution in [0.4, 0.5) is 4.39 Å². The largest absolute Gasteiger partial charge is 0.508 e. The average molecular weight is 171 g/mol. The van der Waals surface area contributed by atoms with Crippen LogP contribution in [0, 0.1) is 5.82 Å². The number of halogens is 1. The van der Waals surface area contributed by atoms with Gasteiger partial charge in [0, 0.05) is 12.1 Å². The second-order valence-electron chi connectivity index (χ2n) is 2.30. The van der Waals surface area contributed by atoms with Gasteiger partial charge in [-0.3, -0.25) is 0 Å². The third kappa shape index (κ3) is 2.18. The van der Waals surface area contributed by atoms with Crippen LogP contribution in [0.1, 0.15) is 5.56 Å². The number of hydrogen-bond donors (Lipinski definition) is 2. The Morgan fingerprint density at radius 2 is 2.33 bits per heavy atom. The number of rotatable bonds is 3. The molecule has 0 amide bonds. The minimum absolute atomic E-state index is 0.0457. The fraction of sp³-hybridized carbons (Fsp3) is 0.250. The zero-order chi connectivity index (χ0) is 8.97. The standard InChI is InChI=1S/C8H10FNO2/c1-12-10-5-6-4-7(11)2-3-8(6)9/h2-4,10-11H,5H2,1H3. The molecule has 0 aromatic heterocycles. The van der Waals surface area contributed by atoms with Crippen molar-refractivity contribution < 1.29 is 14.3 Å². The Bertz CT molecular complexity index is 265. The van der Waals surface area contributed by atoms with Crippen molar-refractivity contribution in [3.05, 3.63) is 29.6 Å². The van der Waals surface area contributed by atoms with Crippen LogP contribution in [0.2, 0.25) is 0 Å². The van der Waals surface area contributed by atoms with Crippen LogP contribution in [-0.2, 0) is 11.4 Å². The summed E-state index contributed by atoms with van der Waals surface area (Å²) in [5.41, 5.74) is 2.85. The fourth-order valence-electron chi connectivity index (χ4n) is 0.847. The molecule has 2 N–H and O–H groups in total. The highest BCUT2D eigenvalue weighted by molar-refractivity contribution is 5.28. The van der Waals surface area contributed by atoms with E-state index >= 15 is 0 Å². The van der Waals surface area contributed by atoms with Crippen LogP contribution in [-0.4, -0.2) is 12.2 Å². The van der Waals surface area contributed by atoms with E-state index in [4.69, 9.17) is 5.11 Å². The normalized spacial score (nSPS) is 10.2. The summed E-state index contributed by atoms with van der Waals surface area (Å²) >= 11 is 0. The molecule has 0 unspecified atom stereocenters. The number of hydroxylamine groups is 1. The molecule has 1 aromatic carbocycles. The lowest BCUT2D eigenvalue weighted by Gasteiger charge is -2.03. The van der Waals surface area contributed by atoms with Crippen molar-refractivity contribution in [2.24, 2.45) is 0 Å². The monoisotopic (exact) mass is 171 g/mol. The fourth-order valence-corrected chi connectivity index (χ4v) is 0.847.